The Labute approximate surface area is 83.8 Å². The molecule has 1 aromatic rings. The van der Waals surface area contributed by atoms with Crippen molar-refractivity contribution >= 4 is 12.6 Å². The maximum Gasteiger partial charge on any atom is 0.494 e. The van der Waals surface area contributed by atoms with Crippen LogP contribution in [-0.2, 0) is 9.31 Å². The molecule has 2 rings (SSSR count). The quantitative estimate of drug-likeness (QED) is 0.679. The van der Waals surface area contributed by atoms with Crippen molar-refractivity contribution in [1.29, 1.82) is 0 Å². The van der Waals surface area contributed by atoms with E-state index in [0.717, 1.165) is 5.46 Å². The third-order valence-corrected chi connectivity index (χ3v) is 2.41. The maximum absolute atomic E-state index is 9.00. The molecule has 0 spiro atoms. The number of rotatable bonds is 2. The van der Waals surface area contributed by atoms with Gasteiger partial charge in [-0.25, -0.2) is 0 Å². The van der Waals surface area contributed by atoms with Crippen molar-refractivity contribution in [3.63, 3.8) is 0 Å². The number of benzene rings is 1. The molecule has 3 nitrogen and oxygen atoms in total. The Morgan fingerprint density at radius 1 is 1.29 bits per heavy atom. The predicted molar refractivity (Wildman–Crippen MR) is 54.3 cm³/mol. The molecule has 4 heteroatoms. The molecule has 0 saturated carbocycles. The second-order valence-electron chi connectivity index (χ2n) is 3.44. The highest BCUT2D eigenvalue weighted by molar-refractivity contribution is 6.61. The molecule has 74 valence electrons. The van der Waals surface area contributed by atoms with Crippen LogP contribution in [0.25, 0.3) is 0 Å². The molecule has 2 atom stereocenters. The molecular weight excluding hydrogens is 179 g/mol. The van der Waals surface area contributed by atoms with Gasteiger partial charge in [-0.3, -0.25) is 0 Å². The van der Waals surface area contributed by atoms with Gasteiger partial charge in [0, 0.05) is 0 Å². The van der Waals surface area contributed by atoms with Gasteiger partial charge in [-0.1, -0.05) is 30.3 Å². The van der Waals surface area contributed by atoms with Gasteiger partial charge in [0.1, 0.15) is 0 Å². The van der Waals surface area contributed by atoms with Gasteiger partial charge in [-0.2, -0.15) is 0 Å². The first-order chi connectivity index (χ1) is 6.81. The zero-order chi connectivity index (χ0) is 9.97. The van der Waals surface area contributed by atoms with Crippen LogP contribution in [0.15, 0.2) is 30.3 Å². The van der Waals surface area contributed by atoms with Crippen molar-refractivity contribution in [1.82, 2.24) is 0 Å². The smallest absolute Gasteiger partial charge is 0.402 e. The van der Waals surface area contributed by atoms with E-state index in [0.29, 0.717) is 0 Å². The molecule has 1 aromatic carbocycles. The van der Waals surface area contributed by atoms with Crippen LogP contribution in [0.5, 0.6) is 0 Å². The summed E-state index contributed by atoms with van der Waals surface area (Å²) in [4.78, 5) is 0. The van der Waals surface area contributed by atoms with Gasteiger partial charge in [-0.05, 0) is 12.4 Å². The van der Waals surface area contributed by atoms with Gasteiger partial charge < -0.3 is 14.4 Å². The highest BCUT2D eigenvalue weighted by Gasteiger charge is 2.37. The van der Waals surface area contributed by atoms with Crippen molar-refractivity contribution < 1.29 is 14.4 Å². The van der Waals surface area contributed by atoms with Gasteiger partial charge in [-0.15, -0.1) is 0 Å². The summed E-state index contributed by atoms with van der Waals surface area (Å²) < 4.78 is 11.1. The lowest BCUT2D eigenvalue weighted by atomic mass is 9.79. The Hall–Kier alpha value is -0.835. The van der Waals surface area contributed by atoms with Crippen LogP contribution in [-0.4, -0.2) is 31.0 Å². The SMILES string of the molecule is CC1OB(c2ccccc2)OC1CO. The van der Waals surface area contributed by atoms with Crippen LogP contribution in [0.3, 0.4) is 0 Å². The predicted octanol–water partition coefficient (Wildman–Crippen LogP) is 0.178. The molecule has 0 bridgehead atoms. The number of hydrogen-bond donors (Lipinski definition) is 1. The van der Waals surface area contributed by atoms with Gasteiger partial charge in [0.05, 0.1) is 18.8 Å². The first-order valence-electron chi connectivity index (χ1n) is 4.78. The minimum atomic E-state index is -0.330. The fraction of sp³-hybridized carbons (Fsp3) is 0.400. The lowest BCUT2D eigenvalue weighted by Gasteiger charge is -2.08. The Morgan fingerprint density at radius 2 is 2.00 bits per heavy atom. The Kier molecular flexibility index (Phi) is 2.86. The topological polar surface area (TPSA) is 38.7 Å². The van der Waals surface area contributed by atoms with Crippen molar-refractivity contribution in [2.24, 2.45) is 0 Å². The first-order valence-corrected chi connectivity index (χ1v) is 4.78. The highest BCUT2D eigenvalue weighted by Crippen LogP contribution is 2.15. The number of hydrogen-bond acceptors (Lipinski definition) is 3. The summed E-state index contributed by atoms with van der Waals surface area (Å²) in [5.41, 5.74) is 0.996. The Morgan fingerprint density at radius 3 is 2.57 bits per heavy atom. The van der Waals surface area contributed by atoms with E-state index in [1.165, 1.54) is 0 Å². The largest absolute Gasteiger partial charge is 0.494 e. The Bertz CT molecular complexity index is 291. The van der Waals surface area contributed by atoms with Crippen LogP contribution >= 0.6 is 0 Å². The number of aliphatic hydroxyl groups excluding tert-OH is 1. The van der Waals surface area contributed by atoms with Crippen molar-refractivity contribution in [2.75, 3.05) is 6.61 Å². The van der Waals surface area contributed by atoms with Crippen molar-refractivity contribution in [3.05, 3.63) is 30.3 Å². The fourth-order valence-electron chi connectivity index (χ4n) is 1.54. The van der Waals surface area contributed by atoms with E-state index in [1.807, 2.05) is 37.3 Å². The fourth-order valence-corrected chi connectivity index (χ4v) is 1.54. The summed E-state index contributed by atoms with van der Waals surface area (Å²) in [6.07, 6.45) is -0.259. The monoisotopic (exact) mass is 192 g/mol. The maximum atomic E-state index is 9.00. The van der Waals surface area contributed by atoms with Crippen LogP contribution < -0.4 is 5.46 Å². The van der Waals surface area contributed by atoms with E-state index in [4.69, 9.17) is 14.4 Å². The molecule has 0 amide bonds. The molecule has 0 radical (unpaired) electrons. The molecule has 1 saturated heterocycles. The van der Waals surface area contributed by atoms with E-state index < -0.39 is 0 Å². The second-order valence-corrected chi connectivity index (χ2v) is 3.44. The summed E-state index contributed by atoms with van der Waals surface area (Å²) in [6.45, 7) is 1.91. The minimum absolute atomic E-state index is 0.00446. The molecule has 1 heterocycles. The standard InChI is InChI=1S/C10H13BO3/c1-8-10(7-12)14-11(13-8)9-5-3-2-4-6-9/h2-6,8,10,12H,7H2,1H3. The second kappa shape index (κ2) is 4.13. The van der Waals surface area contributed by atoms with Crippen molar-refractivity contribution in [2.45, 2.75) is 19.1 Å². The lowest BCUT2D eigenvalue weighted by molar-refractivity contribution is 0.0977. The Balaban J connectivity index is 2.09. The van der Waals surface area contributed by atoms with Crippen LogP contribution in [0.4, 0.5) is 0 Å². The molecule has 2 unspecified atom stereocenters. The van der Waals surface area contributed by atoms with E-state index in [-0.39, 0.29) is 25.9 Å². The van der Waals surface area contributed by atoms with E-state index in [2.05, 4.69) is 0 Å². The zero-order valence-corrected chi connectivity index (χ0v) is 8.09. The average Bonchev–Trinajstić information content (AvgIpc) is 2.61. The molecular formula is C10H13BO3. The van der Waals surface area contributed by atoms with Crippen LogP contribution in [0.1, 0.15) is 6.92 Å². The van der Waals surface area contributed by atoms with Gasteiger partial charge in [0.15, 0.2) is 0 Å². The summed E-state index contributed by atoms with van der Waals surface area (Å²) in [5.74, 6) is 0. The summed E-state index contributed by atoms with van der Waals surface area (Å²) in [5, 5.41) is 9.00. The zero-order valence-electron chi connectivity index (χ0n) is 8.09. The molecule has 0 aromatic heterocycles. The summed E-state index contributed by atoms with van der Waals surface area (Å²) in [7, 11) is -0.330. The lowest BCUT2D eigenvalue weighted by Crippen LogP contribution is -2.32. The first kappa shape index (κ1) is 9.71. The molecule has 1 aliphatic heterocycles. The molecule has 14 heavy (non-hydrogen) atoms. The minimum Gasteiger partial charge on any atom is -0.402 e. The van der Waals surface area contributed by atoms with Gasteiger partial charge >= 0.3 is 7.12 Å². The molecule has 0 aliphatic carbocycles. The molecule has 1 fully saturated rings. The van der Waals surface area contributed by atoms with E-state index >= 15 is 0 Å². The van der Waals surface area contributed by atoms with Crippen LogP contribution in [0.2, 0.25) is 0 Å². The van der Waals surface area contributed by atoms with E-state index in [9.17, 15) is 0 Å². The van der Waals surface area contributed by atoms with Gasteiger partial charge in [0.2, 0.25) is 0 Å². The summed E-state index contributed by atoms with van der Waals surface area (Å²) in [6, 6.07) is 9.75. The number of aliphatic hydroxyl groups is 1. The van der Waals surface area contributed by atoms with E-state index in [1.54, 1.807) is 0 Å². The summed E-state index contributed by atoms with van der Waals surface area (Å²) >= 11 is 0. The van der Waals surface area contributed by atoms with Crippen molar-refractivity contribution in [3.8, 4) is 0 Å². The molecule has 1 aliphatic rings. The third-order valence-electron chi connectivity index (χ3n) is 2.41. The highest BCUT2D eigenvalue weighted by atomic mass is 16.7. The molecule has 1 N–H and O–H groups in total. The normalized spacial score (nSPS) is 26.9. The van der Waals surface area contributed by atoms with Gasteiger partial charge in [0.25, 0.3) is 0 Å². The third kappa shape index (κ3) is 1.82. The average molecular weight is 192 g/mol. The van der Waals surface area contributed by atoms with Crippen LogP contribution in [0, 0.1) is 0 Å².